The van der Waals surface area contributed by atoms with Crippen molar-refractivity contribution in [2.75, 3.05) is 35.2 Å². The molecule has 1 unspecified atom stereocenters. The van der Waals surface area contributed by atoms with Gasteiger partial charge in [-0.3, -0.25) is 0 Å². The molecule has 0 N–H and O–H groups in total. The van der Waals surface area contributed by atoms with E-state index in [9.17, 15) is 8.42 Å². The average Bonchev–Trinajstić information content (AvgIpc) is 2.82. The standard InChI is InChI=1S/C13H18ClN3O3S/c1-9(20-2)8-21(18,19)17-10-5-6-16(7-10)11-3-4-12(14)15-13(11)17/h3-4,9-10H,5-8H2,1-2H3/t9?,10-/m0/s1. The minimum atomic E-state index is -3.50. The molecule has 0 aromatic carbocycles. The quantitative estimate of drug-likeness (QED) is 0.782. The third-order valence-corrected chi connectivity index (χ3v) is 6.18. The van der Waals surface area contributed by atoms with E-state index in [0.717, 1.165) is 18.7 Å². The van der Waals surface area contributed by atoms with Gasteiger partial charge in [0.15, 0.2) is 5.82 Å². The summed E-state index contributed by atoms with van der Waals surface area (Å²) in [6.45, 7) is 3.29. The first-order valence-corrected chi connectivity index (χ1v) is 8.87. The van der Waals surface area contributed by atoms with E-state index in [0.29, 0.717) is 17.5 Å². The number of ether oxygens (including phenoxy) is 1. The smallest absolute Gasteiger partial charge is 0.239 e. The molecular formula is C13H18ClN3O3S. The van der Waals surface area contributed by atoms with Crippen molar-refractivity contribution in [3.05, 3.63) is 17.3 Å². The highest BCUT2D eigenvalue weighted by Gasteiger charge is 2.43. The number of hydrogen-bond donors (Lipinski definition) is 0. The number of nitrogens with zero attached hydrogens (tertiary/aromatic N) is 3. The fourth-order valence-electron chi connectivity index (χ4n) is 2.96. The highest BCUT2D eigenvalue weighted by atomic mass is 35.5. The molecule has 116 valence electrons. The van der Waals surface area contributed by atoms with Crippen LogP contribution in [0.5, 0.6) is 0 Å². The Morgan fingerprint density at radius 3 is 3.00 bits per heavy atom. The van der Waals surface area contributed by atoms with Gasteiger partial charge < -0.3 is 9.64 Å². The maximum atomic E-state index is 12.8. The van der Waals surface area contributed by atoms with Gasteiger partial charge in [0.05, 0.1) is 23.6 Å². The van der Waals surface area contributed by atoms with Crippen molar-refractivity contribution >= 4 is 33.1 Å². The molecule has 2 atom stereocenters. The lowest BCUT2D eigenvalue weighted by Crippen LogP contribution is -2.48. The zero-order chi connectivity index (χ0) is 15.2. The molecule has 3 heterocycles. The van der Waals surface area contributed by atoms with Gasteiger partial charge in [0, 0.05) is 20.2 Å². The summed E-state index contributed by atoms with van der Waals surface area (Å²) in [5.74, 6) is 0.382. The Bertz CT molecular complexity index is 652. The summed E-state index contributed by atoms with van der Waals surface area (Å²) in [7, 11) is -1.99. The molecule has 21 heavy (non-hydrogen) atoms. The Labute approximate surface area is 129 Å². The summed E-state index contributed by atoms with van der Waals surface area (Å²) < 4.78 is 32.1. The second-order valence-corrected chi connectivity index (χ2v) is 7.76. The van der Waals surface area contributed by atoms with Crippen LogP contribution < -0.4 is 9.21 Å². The van der Waals surface area contributed by atoms with Crippen molar-refractivity contribution in [3.63, 3.8) is 0 Å². The summed E-state index contributed by atoms with van der Waals surface area (Å²) in [4.78, 5) is 6.43. The first kappa shape index (κ1) is 14.9. The Hall–Kier alpha value is -1.05. The molecule has 1 saturated heterocycles. The van der Waals surface area contributed by atoms with Crippen LogP contribution >= 0.6 is 11.6 Å². The molecule has 1 aromatic heterocycles. The second kappa shape index (κ2) is 5.30. The van der Waals surface area contributed by atoms with Crippen LogP contribution in [-0.4, -0.2) is 51.5 Å². The van der Waals surface area contributed by atoms with Crippen molar-refractivity contribution in [1.29, 1.82) is 0 Å². The van der Waals surface area contributed by atoms with Crippen LogP contribution in [0.15, 0.2) is 12.1 Å². The molecule has 0 radical (unpaired) electrons. The summed E-state index contributed by atoms with van der Waals surface area (Å²) >= 11 is 5.97. The lowest BCUT2D eigenvalue weighted by molar-refractivity contribution is 0.136. The lowest BCUT2D eigenvalue weighted by atomic mass is 10.2. The van der Waals surface area contributed by atoms with E-state index >= 15 is 0 Å². The third kappa shape index (κ3) is 2.58. The van der Waals surface area contributed by atoms with Gasteiger partial charge in [-0.05, 0) is 25.5 Å². The number of rotatable bonds is 4. The molecule has 2 aliphatic rings. The monoisotopic (exact) mass is 331 g/mol. The summed E-state index contributed by atoms with van der Waals surface area (Å²) in [5.41, 5.74) is 0.835. The topological polar surface area (TPSA) is 62.7 Å². The average molecular weight is 332 g/mol. The van der Waals surface area contributed by atoms with Crippen LogP contribution in [0.1, 0.15) is 13.3 Å². The van der Waals surface area contributed by atoms with Crippen LogP contribution in [0.25, 0.3) is 0 Å². The zero-order valence-corrected chi connectivity index (χ0v) is 13.6. The lowest BCUT2D eigenvalue weighted by Gasteiger charge is -2.36. The van der Waals surface area contributed by atoms with Crippen molar-refractivity contribution in [3.8, 4) is 0 Å². The van der Waals surface area contributed by atoms with E-state index in [1.54, 1.807) is 13.0 Å². The largest absolute Gasteiger partial charge is 0.381 e. The maximum Gasteiger partial charge on any atom is 0.239 e. The van der Waals surface area contributed by atoms with Crippen molar-refractivity contribution in [2.24, 2.45) is 0 Å². The Morgan fingerprint density at radius 1 is 1.52 bits per heavy atom. The first-order chi connectivity index (χ1) is 9.92. The summed E-state index contributed by atoms with van der Waals surface area (Å²) in [6.07, 6.45) is 0.436. The van der Waals surface area contributed by atoms with Crippen molar-refractivity contribution in [2.45, 2.75) is 25.5 Å². The first-order valence-electron chi connectivity index (χ1n) is 6.89. The molecule has 2 bridgehead atoms. The molecule has 6 nitrogen and oxygen atoms in total. The number of anilines is 2. The van der Waals surface area contributed by atoms with Crippen LogP contribution in [0, 0.1) is 0 Å². The van der Waals surface area contributed by atoms with Crippen molar-refractivity contribution in [1.82, 2.24) is 4.98 Å². The predicted molar refractivity (Wildman–Crippen MR) is 82.6 cm³/mol. The molecule has 0 aliphatic carbocycles. The van der Waals surface area contributed by atoms with Gasteiger partial charge in [-0.2, -0.15) is 0 Å². The molecule has 0 spiro atoms. The normalized spacial score (nSPS) is 22.3. The zero-order valence-electron chi connectivity index (χ0n) is 12.0. The molecule has 2 aliphatic heterocycles. The van der Waals surface area contributed by atoms with Crippen LogP contribution in [-0.2, 0) is 14.8 Å². The number of sulfonamides is 1. The fraction of sp³-hybridized carbons (Fsp3) is 0.615. The van der Waals surface area contributed by atoms with E-state index in [2.05, 4.69) is 9.88 Å². The Balaban J connectivity index is 2.05. The van der Waals surface area contributed by atoms with Gasteiger partial charge in [0.25, 0.3) is 0 Å². The van der Waals surface area contributed by atoms with Crippen molar-refractivity contribution < 1.29 is 13.2 Å². The minimum Gasteiger partial charge on any atom is -0.381 e. The Morgan fingerprint density at radius 2 is 2.29 bits per heavy atom. The van der Waals surface area contributed by atoms with Gasteiger partial charge in [0.1, 0.15) is 5.15 Å². The van der Waals surface area contributed by atoms with E-state index in [1.165, 1.54) is 11.4 Å². The van der Waals surface area contributed by atoms with Crippen LogP contribution in [0.3, 0.4) is 0 Å². The molecule has 1 fully saturated rings. The van der Waals surface area contributed by atoms with Gasteiger partial charge in [-0.1, -0.05) is 11.6 Å². The SMILES string of the molecule is COC(C)CS(=O)(=O)N1c2nc(Cl)ccc2N2CC[C@H]1C2. The second-order valence-electron chi connectivity index (χ2n) is 5.49. The van der Waals surface area contributed by atoms with Gasteiger partial charge >= 0.3 is 0 Å². The van der Waals surface area contributed by atoms with E-state index in [-0.39, 0.29) is 17.9 Å². The maximum absolute atomic E-state index is 12.8. The molecule has 0 saturated carbocycles. The molecule has 8 heteroatoms. The van der Waals surface area contributed by atoms with Gasteiger partial charge in [-0.25, -0.2) is 17.7 Å². The third-order valence-electron chi connectivity index (χ3n) is 4.01. The highest BCUT2D eigenvalue weighted by Crippen LogP contribution is 2.41. The summed E-state index contributed by atoms with van der Waals surface area (Å²) in [6, 6.07) is 3.47. The Kier molecular flexibility index (Phi) is 3.75. The molecule has 1 aromatic rings. The molecular weight excluding hydrogens is 314 g/mol. The van der Waals surface area contributed by atoms with E-state index < -0.39 is 10.0 Å². The number of methoxy groups -OCH3 is 1. The predicted octanol–water partition coefficient (Wildman–Crippen LogP) is 1.50. The van der Waals surface area contributed by atoms with Gasteiger partial charge in [-0.15, -0.1) is 0 Å². The number of hydrogen-bond acceptors (Lipinski definition) is 5. The van der Waals surface area contributed by atoms with Crippen LogP contribution in [0.4, 0.5) is 11.5 Å². The highest BCUT2D eigenvalue weighted by molar-refractivity contribution is 7.92. The number of halogens is 1. The number of pyridine rings is 1. The van der Waals surface area contributed by atoms with E-state index in [1.807, 2.05) is 6.07 Å². The molecule has 3 rings (SSSR count). The minimum absolute atomic E-state index is 0.0619. The number of fused-ring (bicyclic) bond motifs is 4. The van der Waals surface area contributed by atoms with Crippen LogP contribution in [0.2, 0.25) is 5.15 Å². The van der Waals surface area contributed by atoms with Gasteiger partial charge in [0.2, 0.25) is 10.0 Å². The number of aromatic nitrogens is 1. The molecule has 0 amide bonds. The fourth-order valence-corrected chi connectivity index (χ4v) is 5.01. The van der Waals surface area contributed by atoms with E-state index in [4.69, 9.17) is 16.3 Å². The summed E-state index contributed by atoms with van der Waals surface area (Å²) in [5, 5.41) is 0.302.